The zero-order valence-electron chi connectivity index (χ0n) is 15.3. The maximum absolute atomic E-state index is 10.2. The van der Waals surface area contributed by atoms with E-state index in [0.29, 0.717) is 6.54 Å². The number of aryl methyl sites for hydroxylation is 1. The van der Waals surface area contributed by atoms with Crippen LogP contribution in [-0.2, 0) is 6.54 Å². The van der Waals surface area contributed by atoms with Crippen LogP contribution in [0, 0.1) is 6.92 Å². The fourth-order valence-electron chi connectivity index (χ4n) is 3.72. The minimum absolute atomic E-state index is 0.263. The van der Waals surface area contributed by atoms with E-state index in [4.69, 9.17) is 0 Å². The molecule has 0 saturated heterocycles. The molecule has 0 bridgehead atoms. The number of nitrogens with zero attached hydrogens (tertiary/aromatic N) is 1. The third-order valence-electron chi connectivity index (χ3n) is 4.93. The standard InChI is InChI=1S/C24H23NO2/c1-17-12-13-22-21(14-17)23(18-8-4-2-5-9-18)24(19-10-6-3-7-11-19)25(22)15-20(27)16-26/h2-14,20,26-27H,15-16H2,1H3/t20-/m0/s1. The zero-order valence-corrected chi connectivity index (χ0v) is 15.3. The van der Waals surface area contributed by atoms with Gasteiger partial charge < -0.3 is 14.8 Å². The molecule has 3 heteroatoms. The normalized spacial score (nSPS) is 12.4. The second kappa shape index (κ2) is 7.39. The molecule has 0 amide bonds. The fourth-order valence-corrected chi connectivity index (χ4v) is 3.72. The largest absolute Gasteiger partial charge is 0.394 e. The average Bonchev–Trinajstić information content (AvgIpc) is 3.02. The van der Waals surface area contributed by atoms with Crippen LogP contribution < -0.4 is 0 Å². The molecule has 0 fully saturated rings. The first-order chi connectivity index (χ1) is 13.2. The maximum Gasteiger partial charge on any atom is 0.0949 e. The highest BCUT2D eigenvalue weighted by Gasteiger charge is 2.21. The average molecular weight is 357 g/mol. The quantitative estimate of drug-likeness (QED) is 0.547. The molecule has 0 unspecified atom stereocenters. The van der Waals surface area contributed by atoms with Crippen molar-refractivity contribution in [2.75, 3.05) is 6.61 Å². The molecule has 136 valence electrons. The highest BCUT2D eigenvalue weighted by Crippen LogP contribution is 2.41. The van der Waals surface area contributed by atoms with Crippen molar-refractivity contribution in [3.05, 3.63) is 84.4 Å². The van der Waals surface area contributed by atoms with Crippen LogP contribution in [0.2, 0.25) is 0 Å². The van der Waals surface area contributed by atoms with Crippen molar-refractivity contribution in [1.29, 1.82) is 0 Å². The van der Waals surface area contributed by atoms with E-state index in [0.717, 1.165) is 33.3 Å². The van der Waals surface area contributed by atoms with Gasteiger partial charge in [-0.1, -0.05) is 72.3 Å². The van der Waals surface area contributed by atoms with E-state index in [1.807, 2.05) is 36.4 Å². The first-order valence-corrected chi connectivity index (χ1v) is 9.21. The Morgan fingerprint density at radius 2 is 1.48 bits per heavy atom. The van der Waals surface area contributed by atoms with E-state index in [9.17, 15) is 10.2 Å². The van der Waals surface area contributed by atoms with Gasteiger partial charge in [0.1, 0.15) is 0 Å². The van der Waals surface area contributed by atoms with Gasteiger partial charge in [-0.3, -0.25) is 0 Å². The zero-order chi connectivity index (χ0) is 18.8. The number of aliphatic hydroxyl groups is 2. The van der Waals surface area contributed by atoms with E-state index >= 15 is 0 Å². The Morgan fingerprint density at radius 1 is 0.852 bits per heavy atom. The molecule has 0 aliphatic heterocycles. The molecular formula is C24H23NO2. The van der Waals surface area contributed by atoms with Gasteiger partial charge in [0.15, 0.2) is 0 Å². The van der Waals surface area contributed by atoms with Crippen LogP contribution in [0.15, 0.2) is 78.9 Å². The highest BCUT2D eigenvalue weighted by molar-refractivity contribution is 6.04. The molecule has 0 spiro atoms. The minimum atomic E-state index is -0.812. The summed E-state index contributed by atoms with van der Waals surface area (Å²) < 4.78 is 2.13. The first kappa shape index (κ1) is 17.5. The number of aromatic nitrogens is 1. The summed E-state index contributed by atoms with van der Waals surface area (Å²) in [4.78, 5) is 0. The second-order valence-corrected chi connectivity index (χ2v) is 6.92. The number of benzene rings is 3. The van der Waals surface area contributed by atoms with Crippen molar-refractivity contribution >= 4 is 10.9 Å². The molecule has 1 heterocycles. The van der Waals surface area contributed by atoms with Gasteiger partial charge in [0.25, 0.3) is 0 Å². The molecule has 1 aromatic heterocycles. The van der Waals surface area contributed by atoms with Gasteiger partial charge in [0.2, 0.25) is 0 Å². The van der Waals surface area contributed by atoms with Gasteiger partial charge in [-0.15, -0.1) is 0 Å². The predicted octanol–water partition coefficient (Wildman–Crippen LogP) is 4.64. The summed E-state index contributed by atoms with van der Waals surface area (Å²) in [6.45, 7) is 2.17. The minimum Gasteiger partial charge on any atom is -0.394 e. The maximum atomic E-state index is 10.2. The molecule has 0 aliphatic carbocycles. The van der Waals surface area contributed by atoms with Gasteiger partial charge in [0.05, 0.1) is 24.9 Å². The van der Waals surface area contributed by atoms with Crippen LogP contribution in [0.3, 0.4) is 0 Å². The number of hydrogen-bond acceptors (Lipinski definition) is 2. The Bertz CT molecular complexity index is 1050. The van der Waals surface area contributed by atoms with Crippen molar-refractivity contribution in [2.24, 2.45) is 0 Å². The van der Waals surface area contributed by atoms with Crippen LogP contribution >= 0.6 is 0 Å². The van der Waals surface area contributed by atoms with Gasteiger partial charge in [-0.25, -0.2) is 0 Å². The predicted molar refractivity (Wildman–Crippen MR) is 111 cm³/mol. The lowest BCUT2D eigenvalue weighted by Gasteiger charge is -2.15. The summed E-state index contributed by atoms with van der Waals surface area (Å²) in [7, 11) is 0. The second-order valence-electron chi connectivity index (χ2n) is 6.92. The molecule has 4 aromatic rings. The van der Waals surface area contributed by atoms with Gasteiger partial charge in [-0.2, -0.15) is 0 Å². The summed E-state index contributed by atoms with van der Waals surface area (Å²) in [6.07, 6.45) is -0.812. The van der Waals surface area contributed by atoms with Crippen molar-refractivity contribution < 1.29 is 10.2 Å². The van der Waals surface area contributed by atoms with Gasteiger partial charge >= 0.3 is 0 Å². The molecule has 3 aromatic carbocycles. The Morgan fingerprint density at radius 3 is 2.11 bits per heavy atom. The molecule has 0 radical (unpaired) electrons. The van der Waals surface area contributed by atoms with Crippen LogP contribution in [0.1, 0.15) is 5.56 Å². The van der Waals surface area contributed by atoms with Crippen LogP contribution in [-0.4, -0.2) is 27.5 Å². The Balaban J connectivity index is 2.11. The summed E-state index contributed by atoms with van der Waals surface area (Å²) in [5.74, 6) is 0. The Hall–Kier alpha value is -2.88. The van der Waals surface area contributed by atoms with E-state index in [2.05, 4.69) is 54.0 Å². The van der Waals surface area contributed by atoms with Crippen LogP contribution in [0.5, 0.6) is 0 Å². The molecule has 1 atom stereocenters. The lowest BCUT2D eigenvalue weighted by Crippen LogP contribution is -2.20. The molecule has 0 aliphatic rings. The van der Waals surface area contributed by atoms with Crippen LogP contribution in [0.4, 0.5) is 0 Å². The molecule has 27 heavy (non-hydrogen) atoms. The molecular weight excluding hydrogens is 334 g/mol. The van der Waals surface area contributed by atoms with Crippen molar-refractivity contribution in [1.82, 2.24) is 4.57 Å². The molecule has 2 N–H and O–H groups in total. The SMILES string of the molecule is Cc1ccc2c(c1)c(-c1ccccc1)c(-c1ccccc1)n2C[C@H](O)CO. The summed E-state index contributed by atoms with van der Waals surface area (Å²) in [6, 6.07) is 27.0. The van der Waals surface area contributed by atoms with Crippen molar-refractivity contribution in [3.8, 4) is 22.4 Å². The van der Waals surface area contributed by atoms with Gasteiger partial charge in [0, 0.05) is 16.5 Å². The third-order valence-corrected chi connectivity index (χ3v) is 4.93. The fraction of sp³-hybridized carbons (Fsp3) is 0.167. The summed E-state index contributed by atoms with van der Waals surface area (Å²) >= 11 is 0. The first-order valence-electron chi connectivity index (χ1n) is 9.21. The third kappa shape index (κ3) is 3.27. The van der Waals surface area contributed by atoms with E-state index in [-0.39, 0.29) is 6.61 Å². The smallest absolute Gasteiger partial charge is 0.0949 e. The molecule has 3 nitrogen and oxygen atoms in total. The Kier molecular flexibility index (Phi) is 4.80. The lowest BCUT2D eigenvalue weighted by molar-refractivity contribution is 0.0826. The van der Waals surface area contributed by atoms with Crippen molar-refractivity contribution in [3.63, 3.8) is 0 Å². The van der Waals surface area contributed by atoms with Gasteiger partial charge in [-0.05, 0) is 30.2 Å². The number of fused-ring (bicyclic) bond motifs is 1. The summed E-state index contributed by atoms with van der Waals surface area (Å²) in [5.41, 5.74) is 6.71. The topological polar surface area (TPSA) is 45.4 Å². The monoisotopic (exact) mass is 357 g/mol. The van der Waals surface area contributed by atoms with E-state index in [1.165, 1.54) is 5.56 Å². The summed E-state index contributed by atoms with van der Waals surface area (Å²) in [5, 5.41) is 20.8. The van der Waals surface area contributed by atoms with E-state index in [1.54, 1.807) is 0 Å². The van der Waals surface area contributed by atoms with Crippen molar-refractivity contribution in [2.45, 2.75) is 19.6 Å². The van der Waals surface area contributed by atoms with Crippen LogP contribution in [0.25, 0.3) is 33.3 Å². The molecule has 4 rings (SSSR count). The lowest BCUT2D eigenvalue weighted by atomic mass is 9.98. The Labute approximate surface area is 159 Å². The number of hydrogen-bond donors (Lipinski definition) is 2. The number of aliphatic hydroxyl groups excluding tert-OH is 2. The molecule has 0 saturated carbocycles. The highest BCUT2D eigenvalue weighted by atomic mass is 16.3. The number of rotatable bonds is 5. The van der Waals surface area contributed by atoms with E-state index < -0.39 is 6.10 Å².